The summed E-state index contributed by atoms with van der Waals surface area (Å²) in [6, 6.07) is 2.21. The second-order valence-electron chi connectivity index (χ2n) is 6.27. The zero-order chi connectivity index (χ0) is 12.5. The van der Waals surface area contributed by atoms with Gasteiger partial charge in [-0.2, -0.15) is 0 Å². The first-order valence-corrected chi connectivity index (χ1v) is 9.07. The Kier molecular flexibility index (Phi) is 4.06. The molecule has 104 valence electrons. The number of piperidine rings is 1. The Labute approximate surface area is 113 Å². The van der Waals surface area contributed by atoms with E-state index in [0.29, 0.717) is 12.1 Å². The van der Waals surface area contributed by atoms with Crippen molar-refractivity contribution in [3.63, 3.8) is 0 Å². The van der Waals surface area contributed by atoms with Gasteiger partial charge in [-0.05, 0) is 39.2 Å². The van der Waals surface area contributed by atoms with E-state index in [1.54, 1.807) is 0 Å². The Morgan fingerprint density at radius 2 is 1.78 bits per heavy atom. The van der Waals surface area contributed by atoms with Gasteiger partial charge in [-0.1, -0.05) is 6.42 Å². The van der Waals surface area contributed by atoms with Gasteiger partial charge in [0.2, 0.25) is 0 Å². The van der Waals surface area contributed by atoms with Crippen LogP contribution in [0.1, 0.15) is 39.0 Å². The maximum atomic E-state index is 11.5. The van der Waals surface area contributed by atoms with Crippen LogP contribution in [0.5, 0.6) is 0 Å². The largest absolute Gasteiger partial charge is 0.298 e. The molecule has 0 aliphatic carbocycles. The molecule has 18 heavy (non-hydrogen) atoms. The van der Waals surface area contributed by atoms with E-state index in [1.807, 2.05) is 0 Å². The van der Waals surface area contributed by atoms with E-state index >= 15 is 0 Å². The first-order valence-electron chi connectivity index (χ1n) is 7.59. The summed E-state index contributed by atoms with van der Waals surface area (Å²) >= 11 is 0. The molecular weight excluding hydrogens is 244 g/mol. The van der Waals surface area contributed by atoms with E-state index in [9.17, 15) is 4.21 Å². The van der Waals surface area contributed by atoms with Gasteiger partial charge in [0, 0.05) is 53.5 Å². The molecule has 2 atom stereocenters. The van der Waals surface area contributed by atoms with Gasteiger partial charge in [-0.3, -0.25) is 14.0 Å². The maximum Gasteiger partial charge on any atom is 0.0249 e. The molecular formula is C14H26N2OS. The van der Waals surface area contributed by atoms with Gasteiger partial charge in [0.05, 0.1) is 0 Å². The third-order valence-corrected chi connectivity index (χ3v) is 6.44. The summed E-state index contributed by atoms with van der Waals surface area (Å²) in [6.07, 6.45) is 6.51. The molecule has 3 rings (SSSR count). The molecule has 0 aromatic carbocycles. The van der Waals surface area contributed by atoms with Gasteiger partial charge < -0.3 is 0 Å². The molecule has 0 saturated carbocycles. The van der Waals surface area contributed by atoms with Crippen molar-refractivity contribution in [2.45, 2.75) is 57.2 Å². The number of fused-ring (bicyclic) bond motifs is 1. The van der Waals surface area contributed by atoms with Gasteiger partial charge in [0.1, 0.15) is 0 Å². The van der Waals surface area contributed by atoms with Crippen LogP contribution in [-0.2, 0) is 10.8 Å². The number of nitrogens with zero attached hydrogens (tertiary/aromatic N) is 2. The van der Waals surface area contributed by atoms with Crippen molar-refractivity contribution in [2.75, 3.05) is 31.1 Å². The third kappa shape index (κ3) is 2.66. The second kappa shape index (κ2) is 5.59. The van der Waals surface area contributed by atoms with Crippen molar-refractivity contribution in [3.05, 3.63) is 0 Å². The van der Waals surface area contributed by atoms with E-state index in [2.05, 4.69) is 16.7 Å². The first kappa shape index (κ1) is 13.1. The van der Waals surface area contributed by atoms with Gasteiger partial charge >= 0.3 is 0 Å². The Balaban J connectivity index is 1.63. The summed E-state index contributed by atoms with van der Waals surface area (Å²) in [7, 11) is -0.522. The highest BCUT2D eigenvalue weighted by Gasteiger charge is 2.36. The highest BCUT2D eigenvalue weighted by Crippen LogP contribution is 2.28. The van der Waals surface area contributed by atoms with Crippen molar-refractivity contribution >= 4 is 10.8 Å². The number of rotatable bonds is 1. The predicted octanol–water partition coefficient (Wildman–Crippen LogP) is 1.46. The van der Waals surface area contributed by atoms with Crippen LogP contribution in [0.25, 0.3) is 0 Å². The minimum Gasteiger partial charge on any atom is -0.298 e. The van der Waals surface area contributed by atoms with Gasteiger partial charge in [-0.15, -0.1) is 0 Å². The molecule has 0 aromatic heterocycles. The molecule has 0 bridgehead atoms. The highest BCUT2D eigenvalue weighted by molar-refractivity contribution is 7.85. The molecule has 0 radical (unpaired) electrons. The van der Waals surface area contributed by atoms with Crippen LogP contribution >= 0.6 is 0 Å². The van der Waals surface area contributed by atoms with Crippen LogP contribution in [0.15, 0.2) is 0 Å². The van der Waals surface area contributed by atoms with Crippen molar-refractivity contribution in [1.82, 2.24) is 9.80 Å². The maximum absolute atomic E-state index is 11.5. The second-order valence-corrected chi connectivity index (χ2v) is 7.97. The molecule has 0 N–H and O–H groups in total. The molecule has 3 nitrogen and oxygen atoms in total. The summed E-state index contributed by atoms with van der Waals surface area (Å²) in [6.45, 7) is 6.22. The van der Waals surface area contributed by atoms with E-state index < -0.39 is 10.8 Å². The lowest BCUT2D eigenvalue weighted by Crippen LogP contribution is -2.61. The topological polar surface area (TPSA) is 23.6 Å². The Hall–Kier alpha value is 0.0700. The molecule has 3 saturated heterocycles. The Bertz CT molecular complexity index is 313. The van der Waals surface area contributed by atoms with Crippen LogP contribution in [0.2, 0.25) is 0 Å². The first-order chi connectivity index (χ1) is 8.74. The molecule has 3 aliphatic heterocycles. The summed E-state index contributed by atoms with van der Waals surface area (Å²) in [5, 5.41) is 0. The van der Waals surface area contributed by atoms with Crippen molar-refractivity contribution in [1.29, 1.82) is 0 Å². The number of hydrogen-bond acceptors (Lipinski definition) is 3. The normalized spacial score (nSPS) is 43.6. The van der Waals surface area contributed by atoms with E-state index in [-0.39, 0.29) is 0 Å². The van der Waals surface area contributed by atoms with Crippen molar-refractivity contribution < 1.29 is 4.21 Å². The standard InChI is InChI=1S/C14H26N2OS/c1-12-10-15-7-3-2-4-14(15)11-16(12)13-5-8-18(17)9-6-13/h12-14H,2-11H2,1H3. The third-order valence-electron chi connectivity index (χ3n) is 5.06. The summed E-state index contributed by atoms with van der Waals surface area (Å²) < 4.78 is 11.5. The minimum atomic E-state index is -0.522. The fraction of sp³-hybridized carbons (Fsp3) is 1.00. The van der Waals surface area contributed by atoms with Gasteiger partial charge in [-0.25, -0.2) is 0 Å². The van der Waals surface area contributed by atoms with E-state index in [4.69, 9.17) is 0 Å². The Morgan fingerprint density at radius 3 is 2.56 bits per heavy atom. The lowest BCUT2D eigenvalue weighted by Gasteiger charge is -2.50. The zero-order valence-electron chi connectivity index (χ0n) is 11.5. The summed E-state index contributed by atoms with van der Waals surface area (Å²) in [4.78, 5) is 5.45. The van der Waals surface area contributed by atoms with Crippen molar-refractivity contribution in [3.8, 4) is 0 Å². The summed E-state index contributed by atoms with van der Waals surface area (Å²) in [5.74, 6) is 1.87. The van der Waals surface area contributed by atoms with Crippen molar-refractivity contribution in [2.24, 2.45) is 0 Å². The number of piperazine rings is 1. The van der Waals surface area contributed by atoms with Gasteiger partial charge in [0.25, 0.3) is 0 Å². The lowest BCUT2D eigenvalue weighted by molar-refractivity contribution is -0.00971. The van der Waals surface area contributed by atoms with Crippen LogP contribution in [0.3, 0.4) is 0 Å². The smallest absolute Gasteiger partial charge is 0.0249 e. The monoisotopic (exact) mass is 270 g/mol. The fourth-order valence-corrected chi connectivity index (χ4v) is 5.27. The molecule has 3 heterocycles. The van der Waals surface area contributed by atoms with Gasteiger partial charge in [0.15, 0.2) is 0 Å². The highest BCUT2D eigenvalue weighted by atomic mass is 32.2. The predicted molar refractivity (Wildman–Crippen MR) is 76.3 cm³/mol. The van der Waals surface area contributed by atoms with Crippen LogP contribution in [0.4, 0.5) is 0 Å². The average molecular weight is 270 g/mol. The molecule has 0 spiro atoms. The molecule has 3 fully saturated rings. The molecule has 2 unspecified atom stereocenters. The van der Waals surface area contributed by atoms with Crippen LogP contribution < -0.4 is 0 Å². The quantitative estimate of drug-likeness (QED) is 0.721. The van der Waals surface area contributed by atoms with E-state index in [1.165, 1.54) is 38.9 Å². The SMILES string of the molecule is CC1CN2CCCCC2CN1C1CCS(=O)CC1. The lowest BCUT2D eigenvalue weighted by atomic mass is 9.95. The molecule has 0 amide bonds. The molecule has 4 heteroatoms. The average Bonchev–Trinajstić information content (AvgIpc) is 2.39. The minimum absolute atomic E-state index is 0.522. The molecule has 0 aromatic rings. The number of hydrogen-bond donors (Lipinski definition) is 0. The summed E-state index contributed by atoms with van der Waals surface area (Å²) in [5.41, 5.74) is 0. The molecule has 3 aliphatic rings. The van der Waals surface area contributed by atoms with Crippen LogP contribution in [-0.4, -0.2) is 63.3 Å². The zero-order valence-corrected chi connectivity index (χ0v) is 12.3. The van der Waals surface area contributed by atoms with E-state index in [0.717, 1.165) is 30.4 Å². The Morgan fingerprint density at radius 1 is 1.00 bits per heavy atom. The van der Waals surface area contributed by atoms with Crippen LogP contribution in [0, 0.1) is 0 Å². The fourth-order valence-electron chi connectivity index (χ4n) is 4.00.